The van der Waals surface area contributed by atoms with E-state index in [0.29, 0.717) is 12.5 Å². The summed E-state index contributed by atoms with van der Waals surface area (Å²) in [6.45, 7) is 0.247. The van der Waals surface area contributed by atoms with Crippen LogP contribution in [0.1, 0.15) is 6.42 Å². The van der Waals surface area contributed by atoms with Gasteiger partial charge in [-0.05, 0) is 18.6 Å². The first-order valence-electron chi connectivity index (χ1n) is 7.42. The van der Waals surface area contributed by atoms with E-state index in [2.05, 4.69) is 10.6 Å². The number of carbonyl (C=O) groups excluding carboxylic acids is 3. The van der Waals surface area contributed by atoms with Gasteiger partial charge in [0.05, 0.1) is 18.3 Å². The molecule has 2 N–H and O–H groups in total. The standard InChI is InChI=1S/C15H16F2N4O3/c1-20-7-13(22)21-6-9(5-12(21)14(20)23)18-15(24)19-11-3-2-8(16)4-10(11)17/h2-4,9,12H,5-7H2,1H3,(H2,18,19,24). The van der Waals surface area contributed by atoms with Crippen molar-refractivity contribution < 1.29 is 23.2 Å². The average molecular weight is 338 g/mol. The minimum Gasteiger partial charge on any atom is -0.335 e. The van der Waals surface area contributed by atoms with E-state index >= 15 is 0 Å². The highest BCUT2D eigenvalue weighted by Crippen LogP contribution is 2.23. The minimum absolute atomic E-state index is 0.0229. The van der Waals surface area contributed by atoms with Crippen molar-refractivity contribution in [3.63, 3.8) is 0 Å². The number of nitrogens with zero attached hydrogens (tertiary/aromatic N) is 2. The van der Waals surface area contributed by atoms with Gasteiger partial charge in [-0.3, -0.25) is 9.59 Å². The molecule has 0 radical (unpaired) electrons. The van der Waals surface area contributed by atoms with Crippen molar-refractivity contribution in [1.29, 1.82) is 0 Å². The van der Waals surface area contributed by atoms with Gasteiger partial charge < -0.3 is 20.4 Å². The van der Waals surface area contributed by atoms with Gasteiger partial charge in [0, 0.05) is 19.7 Å². The highest BCUT2D eigenvalue weighted by molar-refractivity contribution is 5.95. The number of hydrogen-bond donors (Lipinski definition) is 2. The summed E-state index contributed by atoms with van der Waals surface area (Å²) in [6.07, 6.45) is 0.300. The monoisotopic (exact) mass is 338 g/mol. The number of hydrogen-bond acceptors (Lipinski definition) is 3. The molecule has 3 rings (SSSR count). The van der Waals surface area contributed by atoms with E-state index in [-0.39, 0.29) is 30.6 Å². The van der Waals surface area contributed by atoms with Gasteiger partial charge in [-0.15, -0.1) is 0 Å². The lowest BCUT2D eigenvalue weighted by molar-refractivity contribution is -0.152. The lowest BCUT2D eigenvalue weighted by Gasteiger charge is -2.33. The number of nitrogens with one attached hydrogen (secondary N) is 2. The highest BCUT2D eigenvalue weighted by Gasteiger charge is 2.44. The fourth-order valence-corrected chi connectivity index (χ4v) is 3.01. The van der Waals surface area contributed by atoms with Crippen LogP contribution in [0.15, 0.2) is 18.2 Å². The molecule has 128 valence electrons. The van der Waals surface area contributed by atoms with Crippen LogP contribution in [0.5, 0.6) is 0 Å². The van der Waals surface area contributed by atoms with Crippen molar-refractivity contribution in [2.24, 2.45) is 0 Å². The molecular weight excluding hydrogens is 322 g/mol. The number of fused-ring (bicyclic) bond motifs is 1. The zero-order chi connectivity index (χ0) is 17.4. The Hall–Kier alpha value is -2.71. The molecule has 2 saturated heterocycles. The molecule has 2 aliphatic rings. The van der Waals surface area contributed by atoms with Crippen LogP contribution in [0.25, 0.3) is 0 Å². The maximum absolute atomic E-state index is 13.5. The predicted octanol–water partition coefficient (Wildman–Crippen LogP) is 0.528. The number of halogens is 2. The first-order valence-corrected chi connectivity index (χ1v) is 7.42. The van der Waals surface area contributed by atoms with Crippen molar-refractivity contribution in [2.75, 3.05) is 25.5 Å². The molecular formula is C15H16F2N4O3. The summed E-state index contributed by atoms with van der Waals surface area (Å²) in [5.74, 6) is -1.96. The Kier molecular flexibility index (Phi) is 4.08. The number of likely N-dealkylation sites (N-methyl/N-ethyl adjacent to an activating group) is 1. The molecule has 2 atom stereocenters. The molecule has 2 heterocycles. The van der Waals surface area contributed by atoms with E-state index in [1.165, 1.54) is 9.80 Å². The molecule has 0 saturated carbocycles. The molecule has 1 aromatic carbocycles. The van der Waals surface area contributed by atoms with E-state index < -0.39 is 29.7 Å². The number of rotatable bonds is 2. The Balaban J connectivity index is 1.62. The van der Waals surface area contributed by atoms with E-state index in [1.54, 1.807) is 7.05 Å². The SMILES string of the molecule is CN1CC(=O)N2CC(NC(=O)Nc3ccc(F)cc3F)CC2C1=O. The van der Waals surface area contributed by atoms with E-state index in [4.69, 9.17) is 0 Å². The number of anilines is 1. The largest absolute Gasteiger partial charge is 0.335 e. The molecule has 0 bridgehead atoms. The summed E-state index contributed by atoms with van der Waals surface area (Å²) in [7, 11) is 1.56. The Labute approximate surface area is 136 Å². The van der Waals surface area contributed by atoms with Crippen LogP contribution in [0.2, 0.25) is 0 Å². The Morgan fingerprint density at radius 1 is 1.29 bits per heavy atom. The van der Waals surface area contributed by atoms with Crippen LogP contribution in [0, 0.1) is 11.6 Å². The van der Waals surface area contributed by atoms with Crippen LogP contribution in [-0.2, 0) is 9.59 Å². The van der Waals surface area contributed by atoms with Crippen LogP contribution < -0.4 is 10.6 Å². The Morgan fingerprint density at radius 2 is 2.04 bits per heavy atom. The van der Waals surface area contributed by atoms with Gasteiger partial charge in [-0.25, -0.2) is 13.6 Å². The van der Waals surface area contributed by atoms with E-state index in [1.807, 2.05) is 0 Å². The van der Waals surface area contributed by atoms with Crippen molar-refractivity contribution in [1.82, 2.24) is 15.1 Å². The van der Waals surface area contributed by atoms with Crippen LogP contribution in [0.4, 0.5) is 19.3 Å². The fraction of sp³-hybridized carbons (Fsp3) is 0.400. The van der Waals surface area contributed by atoms with Gasteiger partial charge in [0.25, 0.3) is 0 Å². The third-order valence-electron chi connectivity index (χ3n) is 4.17. The van der Waals surface area contributed by atoms with Crippen LogP contribution in [-0.4, -0.2) is 59.9 Å². The van der Waals surface area contributed by atoms with E-state index in [0.717, 1.165) is 12.1 Å². The number of benzene rings is 1. The van der Waals surface area contributed by atoms with Crippen molar-refractivity contribution in [3.05, 3.63) is 29.8 Å². The highest BCUT2D eigenvalue weighted by atomic mass is 19.1. The minimum atomic E-state index is -0.888. The zero-order valence-electron chi connectivity index (χ0n) is 12.9. The lowest BCUT2D eigenvalue weighted by Crippen LogP contribution is -2.55. The maximum atomic E-state index is 13.5. The number of amides is 4. The van der Waals surface area contributed by atoms with Crippen molar-refractivity contribution >= 4 is 23.5 Å². The number of urea groups is 1. The van der Waals surface area contributed by atoms with Crippen LogP contribution >= 0.6 is 0 Å². The summed E-state index contributed by atoms with van der Waals surface area (Å²) >= 11 is 0. The summed E-state index contributed by atoms with van der Waals surface area (Å²) in [4.78, 5) is 38.8. The van der Waals surface area contributed by atoms with Gasteiger partial charge in [0.1, 0.15) is 17.7 Å². The van der Waals surface area contributed by atoms with Crippen LogP contribution in [0.3, 0.4) is 0 Å². The second-order valence-electron chi connectivity index (χ2n) is 5.91. The normalized spacial score (nSPS) is 23.3. The third kappa shape index (κ3) is 3.01. The quantitative estimate of drug-likeness (QED) is 0.825. The fourth-order valence-electron chi connectivity index (χ4n) is 3.01. The second-order valence-corrected chi connectivity index (χ2v) is 5.91. The molecule has 2 aliphatic heterocycles. The van der Waals surface area contributed by atoms with Gasteiger partial charge in [0.2, 0.25) is 11.8 Å². The molecule has 0 aromatic heterocycles. The third-order valence-corrected chi connectivity index (χ3v) is 4.17. The van der Waals surface area contributed by atoms with E-state index in [9.17, 15) is 23.2 Å². The summed E-state index contributed by atoms with van der Waals surface area (Å²) in [5, 5.41) is 4.89. The molecule has 1 aromatic rings. The first-order chi connectivity index (χ1) is 11.3. The van der Waals surface area contributed by atoms with Crippen molar-refractivity contribution in [2.45, 2.75) is 18.5 Å². The summed E-state index contributed by atoms with van der Waals surface area (Å²) < 4.78 is 26.4. The molecule has 0 spiro atoms. The van der Waals surface area contributed by atoms with Gasteiger partial charge in [-0.1, -0.05) is 0 Å². The zero-order valence-corrected chi connectivity index (χ0v) is 12.9. The Bertz CT molecular complexity index is 712. The molecule has 2 fully saturated rings. The number of piperazine rings is 1. The summed E-state index contributed by atoms with van der Waals surface area (Å²) in [5.41, 5.74) is -0.156. The molecule has 4 amide bonds. The molecule has 9 heteroatoms. The lowest BCUT2D eigenvalue weighted by atomic mass is 10.1. The maximum Gasteiger partial charge on any atom is 0.319 e. The Morgan fingerprint density at radius 3 is 2.75 bits per heavy atom. The molecule has 2 unspecified atom stereocenters. The van der Waals surface area contributed by atoms with Gasteiger partial charge >= 0.3 is 6.03 Å². The predicted molar refractivity (Wildman–Crippen MR) is 80.1 cm³/mol. The van der Waals surface area contributed by atoms with Gasteiger partial charge in [0.15, 0.2) is 0 Å². The molecule has 24 heavy (non-hydrogen) atoms. The topological polar surface area (TPSA) is 81.8 Å². The first kappa shape index (κ1) is 16.2. The number of carbonyl (C=O) groups is 3. The average Bonchev–Trinajstić information content (AvgIpc) is 2.92. The molecule has 0 aliphatic carbocycles. The van der Waals surface area contributed by atoms with Crippen molar-refractivity contribution in [3.8, 4) is 0 Å². The smallest absolute Gasteiger partial charge is 0.319 e. The molecule has 7 nitrogen and oxygen atoms in total. The van der Waals surface area contributed by atoms with Gasteiger partial charge in [-0.2, -0.15) is 0 Å². The second kappa shape index (κ2) is 6.06. The summed E-state index contributed by atoms with van der Waals surface area (Å²) in [6, 6.07) is 1.13.